The lowest BCUT2D eigenvalue weighted by Crippen LogP contribution is -2.45. The summed E-state index contributed by atoms with van der Waals surface area (Å²) in [6.45, 7) is 8.47. The molecule has 1 saturated carbocycles. The van der Waals surface area contributed by atoms with Gasteiger partial charge in [-0.15, -0.1) is 11.3 Å². The van der Waals surface area contributed by atoms with E-state index in [4.69, 9.17) is 16.3 Å². The second kappa shape index (κ2) is 8.54. The van der Waals surface area contributed by atoms with Crippen LogP contribution in [0.15, 0.2) is 12.1 Å². The van der Waals surface area contributed by atoms with E-state index in [0.29, 0.717) is 18.5 Å². The average molecular weight is 373 g/mol. The van der Waals surface area contributed by atoms with E-state index in [1.807, 2.05) is 26.8 Å². The Morgan fingerprint density at radius 2 is 2.08 bits per heavy atom. The maximum Gasteiger partial charge on any atom is 0.407 e. The molecule has 4 nitrogen and oxygen atoms in total. The summed E-state index contributed by atoms with van der Waals surface area (Å²) in [4.78, 5) is 13.1. The van der Waals surface area contributed by atoms with Crippen LogP contribution in [0.5, 0.6) is 0 Å². The Hall–Kier alpha value is -0.780. The first-order valence-corrected chi connectivity index (χ1v) is 9.92. The highest BCUT2D eigenvalue weighted by molar-refractivity contribution is 7.16. The highest BCUT2D eigenvalue weighted by atomic mass is 35.5. The monoisotopic (exact) mass is 372 g/mol. The van der Waals surface area contributed by atoms with Gasteiger partial charge in [0, 0.05) is 23.5 Å². The van der Waals surface area contributed by atoms with Gasteiger partial charge in [0.05, 0.1) is 4.34 Å². The molecule has 0 aliphatic heterocycles. The summed E-state index contributed by atoms with van der Waals surface area (Å²) in [6.07, 6.45) is 4.40. The lowest BCUT2D eigenvalue weighted by molar-refractivity contribution is 0.0510. The van der Waals surface area contributed by atoms with Crippen LogP contribution in [0.2, 0.25) is 4.34 Å². The number of ether oxygens (including phenoxy) is 1. The Balaban J connectivity index is 1.87. The van der Waals surface area contributed by atoms with Crippen molar-refractivity contribution in [2.24, 2.45) is 5.92 Å². The van der Waals surface area contributed by atoms with Crippen molar-refractivity contribution in [3.8, 4) is 0 Å². The summed E-state index contributed by atoms with van der Waals surface area (Å²) in [7, 11) is 0. The standard InChI is InChI=1S/C18H29ClN2O2S/c1-12(15-9-10-16(19)24-15)21-14-8-6-5-7-13(14)11-20-17(22)23-18(2,3)4/h9-10,12-14,21H,5-8,11H2,1-4H3,(H,20,22). The summed E-state index contributed by atoms with van der Waals surface area (Å²) in [5.41, 5.74) is -0.457. The number of carbonyl (C=O) groups excluding carboxylic acids is 1. The van der Waals surface area contributed by atoms with Crippen LogP contribution in [0.1, 0.15) is 64.3 Å². The number of hydrogen-bond donors (Lipinski definition) is 2. The minimum absolute atomic E-state index is 0.273. The molecule has 0 radical (unpaired) electrons. The molecular formula is C18H29ClN2O2S. The molecule has 0 saturated heterocycles. The van der Waals surface area contributed by atoms with Crippen LogP contribution in [0, 0.1) is 5.92 Å². The normalized spacial score (nSPS) is 22.9. The number of hydrogen-bond acceptors (Lipinski definition) is 4. The van der Waals surface area contributed by atoms with Gasteiger partial charge >= 0.3 is 6.09 Å². The van der Waals surface area contributed by atoms with Crippen LogP contribution < -0.4 is 10.6 Å². The van der Waals surface area contributed by atoms with E-state index in [1.54, 1.807) is 11.3 Å². The molecule has 2 N–H and O–H groups in total. The molecule has 2 rings (SSSR count). The quantitative estimate of drug-likeness (QED) is 0.752. The summed E-state index contributed by atoms with van der Waals surface area (Å²) in [5.74, 6) is 0.434. The van der Waals surface area contributed by atoms with E-state index in [1.165, 1.54) is 17.7 Å². The molecule has 1 aliphatic carbocycles. The van der Waals surface area contributed by atoms with Crippen LogP contribution in [0.25, 0.3) is 0 Å². The summed E-state index contributed by atoms with van der Waals surface area (Å²) >= 11 is 7.67. The molecule has 0 aromatic carbocycles. The fourth-order valence-electron chi connectivity index (χ4n) is 3.16. The van der Waals surface area contributed by atoms with E-state index < -0.39 is 5.60 Å². The summed E-state index contributed by atoms with van der Waals surface area (Å²) in [6, 6.07) is 4.71. The molecular weight excluding hydrogens is 344 g/mol. The van der Waals surface area contributed by atoms with Gasteiger partial charge < -0.3 is 15.4 Å². The van der Waals surface area contributed by atoms with Gasteiger partial charge in [0.15, 0.2) is 0 Å². The Morgan fingerprint density at radius 3 is 2.71 bits per heavy atom. The minimum Gasteiger partial charge on any atom is -0.444 e. The van der Waals surface area contributed by atoms with Crippen molar-refractivity contribution in [1.82, 2.24) is 10.6 Å². The molecule has 1 aliphatic rings. The summed E-state index contributed by atoms with van der Waals surface area (Å²) < 4.78 is 6.16. The molecule has 6 heteroatoms. The molecule has 3 atom stereocenters. The van der Waals surface area contributed by atoms with Crippen LogP contribution >= 0.6 is 22.9 Å². The third-order valence-electron chi connectivity index (χ3n) is 4.30. The SMILES string of the molecule is CC(NC1CCCCC1CNC(=O)OC(C)(C)C)c1ccc(Cl)s1. The molecule has 1 heterocycles. The van der Waals surface area contributed by atoms with E-state index >= 15 is 0 Å². The highest BCUT2D eigenvalue weighted by Crippen LogP contribution is 2.30. The Morgan fingerprint density at radius 1 is 1.38 bits per heavy atom. The minimum atomic E-state index is -0.457. The predicted octanol–water partition coefficient (Wildman–Crippen LogP) is 5.14. The number of alkyl carbamates (subject to hydrolysis) is 1. The fraction of sp³-hybridized carbons (Fsp3) is 0.722. The maximum atomic E-state index is 11.9. The first-order valence-electron chi connectivity index (χ1n) is 8.73. The van der Waals surface area contributed by atoms with Crippen LogP contribution in [0.3, 0.4) is 0 Å². The number of carbonyl (C=O) groups is 1. The number of amides is 1. The Kier molecular flexibility index (Phi) is 6.96. The van der Waals surface area contributed by atoms with Gasteiger partial charge in [-0.05, 0) is 58.6 Å². The maximum absolute atomic E-state index is 11.9. The van der Waals surface area contributed by atoms with Crippen molar-refractivity contribution in [1.29, 1.82) is 0 Å². The zero-order valence-electron chi connectivity index (χ0n) is 15.0. The number of rotatable bonds is 5. The smallest absolute Gasteiger partial charge is 0.407 e. The van der Waals surface area contributed by atoms with Crippen molar-refractivity contribution < 1.29 is 9.53 Å². The lowest BCUT2D eigenvalue weighted by atomic mass is 9.84. The van der Waals surface area contributed by atoms with Gasteiger partial charge in [-0.1, -0.05) is 24.4 Å². The van der Waals surface area contributed by atoms with Gasteiger partial charge in [-0.2, -0.15) is 0 Å². The highest BCUT2D eigenvalue weighted by Gasteiger charge is 2.27. The molecule has 1 amide bonds. The molecule has 24 heavy (non-hydrogen) atoms. The molecule has 1 aromatic heterocycles. The Labute approximate surface area is 154 Å². The average Bonchev–Trinajstić information content (AvgIpc) is 2.91. The van der Waals surface area contributed by atoms with Gasteiger partial charge in [0.1, 0.15) is 5.60 Å². The largest absolute Gasteiger partial charge is 0.444 e. The van der Waals surface area contributed by atoms with E-state index in [2.05, 4.69) is 23.6 Å². The first kappa shape index (κ1) is 19.5. The van der Waals surface area contributed by atoms with Crippen LogP contribution in [-0.2, 0) is 4.74 Å². The van der Waals surface area contributed by atoms with Crippen LogP contribution in [0.4, 0.5) is 4.79 Å². The van der Waals surface area contributed by atoms with E-state index in [9.17, 15) is 4.79 Å². The number of thiophene rings is 1. The topological polar surface area (TPSA) is 50.4 Å². The van der Waals surface area contributed by atoms with Crippen molar-refractivity contribution in [3.63, 3.8) is 0 Å². The predicted molar refractivity (Wildman–Crippen MR) is 101 cm³/mol. The second-order valence-electron chi connectivity index (χ2n) is 7.56. The zero-order valence-corrected chi connectivity index (χ0v) is 16.6. The number of nitrogens with one attached hydrogen (secondary N) is 2. The summed E-state index contributed by atoms with van der Waals surface area (Å²) in [5, 5.41) is 6.67. The second-order valence-corrected chi connectivity index (χ2v) is 9.31. The van der Waals surface area contributed by atoms with Gasteiger partial charge in [0.2, 0.25) is 0 Å². The van der Waals surface area contributed by atoms with Gasteiger partial charge in [0.25, 0.3) is 0 Å². The van der Waals surface area contributed by atoms with Crippen molar-refractivity contribution in [3.05, 3.63) is 21.3 Å². The molecule has 3 unspecified atom stereocenters. The molecule has 0 bridgehead atoms. The van der Waals surface area contributed by atoms with E-state index in [0.717, 1.165) is 17.2 Å². The van der Waals surface area contributed by atoms with E-state index in [-0.39, 0.29) is 12.1 Å². The first-order chi connectivity index (χ1) is 11.2. The molecule has 136 valence electrons. The fourth-order valence-corrected chi connectivity index (χ4v) is 4.24. The zero-order chi connectivity index (χ0) is 17.7. The molecule has 0 spiro atoms. The molecule has 1 fully saturated rings. The Bertz CT molecular complexity index is 541. The van der Waals surface area contributed by atoms with Crippen molar-refractivity contribution in [2.75, 3.05) is 6.54 Å². The molecule has 1 aromatic rings. The number of halogens is 1. The lowest BCUT2D eigenvalue weighted by Gasteiger charge is -2.34. The van der Waals surface area contributed by atoms with Gasteiger partial charge in [-0.3, -0.25) is 0 Å². The van der Waals surface area contributed by atoms with Crippen LogP contribution in [-0.4, -0.2) is 24.3 Å². The third kappa shape index (κ3) is 6.26. The van der Waals surface area contributed by atoms with Gasteiger partial charge in [-0.25, -0.2) is 4.79 Å². The third-order valence-corrected chi connectivity index (χ3v) is 5.72. The van der Waals surface area contributed by atoms with Crippen molar-refractivity contribution in [2.45, 2.75) is 71.1 Å². The van der Waals surface area contributed by atoms with Crippen molar-refractivity contribution >= 4 is 29.0 Å².